The maximum Gasteiger partial charge on any atom is 0.116 e. The SMILES string of the molecule is C=Cc1ccc(C[P+](c2ccc(C=C)cc2)(c2ccc(C=C)cc2)c2ccc(C=C)cc2)cc1. The monoisotopic (exact) mass is 457 g/mol. The summed E-state index contributed by atoms with van der Waals surface area (Å²) in [6.07, 6.45) is 8.52. The Balaban J connectivity index is 1.99. The van der Waals surface area contributed by atoms with Gasteiger partial charge in [-0.2, -0.15) is 0 Å². The van der Waals surface area contributed by atoms with E-state index >= 15 is 0 Å². The average Bonchev–Trinajstić information content (AvgIpc) is 2.92. The van der Waals surface area contributed by atoms with Gasteiger partial charge in [-0.05, 0) is 64.2 Å². The third-order valence-electron chi connectivity index (χ3n) is 6.34. The van der Waals surface area contributed by atoms with E-state index in [1.54, 1.807) is 0 Å². The summed E-state index contributed by atoms with van der Waals surface area (Å²) in [5.41, 5.74) is 5.82. The summed E-state index contributed by atoms with van der Waals surface area (Å²) in [5.74, 6) is 0. The molecule has 0 saturated heterocycles. The minimum atomic E-state index is -2.02. The van der Waals surface area contributed by atoms with Crippen LogP contribution >= 0.6 is 7.26 Å². The van der Waals surface area contributed by atoms with E-state index in [-0.39, 0.29) is 0 Å². The standard InChI is InChI=1S/C33H30P/c1-5-26-9-11-30(12-10-26)25-34(31-19-13-27(6-2)14-20-31,32-21-15-28(7-3)16-22-32)33-23-17-29(8-4)18-24-33/h5-24H,1-4,25H2/q+1. The van der Waals surface area contributed by atoms with Crippen LogP contribution in [-0.4, -0.2) is 0 Å². The van der Waals surface area contributed by atoms with Gasteiger partial charge in [0.05, 0.1) is 6.16 Å². The van der Waals surface area contributed by atoms with Crippen molar-refractivity contribution in [2.75, 3.05) is 0 Å². The predicted molar refractivity (Wildman–Crippen MR) is 156 cm³/mol. The van der Waals surface area contributed by atoms with Gasteiger partial charge in [0.25, 0.3) is 0 Å². The second-order valence-electron chi connectivity index (χ2n) is 8.30. The van der Waals surface area contributed by atoms with E-state index < -0.39 is 7.26 Å². The molecule has 0 fully saturated rings. The molecule has 0 N–H and O–H groups in total. The molecule has 0 unspecified atom stereocenters. The van der Waals surface area contributed by atoms with Gasteiger partial charge in [-0.25, -0.2) is 0 Å². The molecule has 4 rings (SSSR count). The Morgan fingerprint density at radius 1 is 0.412 bits per heavy atom. The van der Waals surface area contributed by atoms with Crippen LogP contribution in [-0.2, 0) is 6.16 Å². The second kappa shape index (κ2) is 10.5. The minimum Gasteiger partial charge on any atom is -0.0985 e. The highest BCUT2D eigenvalue weighted by atomic mass is 31.2. The molecule has 1 heteroatoms. The quantitative estimate of drug-likeness (QED) is 0.225. The predicted octanol–water partition coefficient (Wildman–Crippen LogP) is 7.75. The van der Waals surface area contributed by atoms with Gasteiger partial charge in [0.1, 0.15) is 23.2 Å². The zero-order valence-electron chi connectivity index (χ0n) is 19.5. The molecule has 0 aliphatic heterocycles. The zero-order valence-corrected chi connectivity index (χ0v) is 20.4. The molecule has 166 valence electrons. The number of rotatable bonds is 9. The fourth-order valence-electron chi connectivity index (χ4n) is 4.35. The minimum absolute atomic E-state index is 0.929. The summed E-state index contributed by atoms with van der Waals surface area (Å²) in [6, 6.07) is 35.5. The Hall–Kier alpha value is -3.73. The molecule has 0 amide bonds. The number of hydrogen-bond acceptors (Lipinski definition) is 0. The Labute approximate surface area is 204 Å². The van der Waals surface area contributed by atoms with Crippen LogP contribution in [0.15, 0.2) is 123 Å². The van der Waals surface area contributed by atoms with E-state index in [9.17, 15) is 0 Å². The molecular weight excluding hydrogens is 427 g/mol. The lowest BCUT2D eigenvalue weighted by atomic mass is 10.1. The van der Waals surface area contributed by atoms with Crippen LogP contribution in [0.25, 0.3) is 24.3 Å². The van der Waals surface area contributed by atoms with Gasteiger partial charge in [-0.1, -0.05) is 111 Å². The third-order valence-corrected chi connectivity index (χ3v) is 10.7. The van der Waals surface area contributed by atoms with Crippen molar-refractivity contribution in [1.82, 2.24) is 0 Å². The van der Waals surface area contributed by atoms with Crippen molar-refractivity contribution < 1.29 is 0 Å². The van der Waals surface area contributed by atoms with Crippen LogP contribution in [0.2, 0.25) is 0 Å². The van der Waals surface area contributed by atoms with Crippen LogP contribution in [0.5, 0.6) is 0 Å². The number of hydrogen-bond donors (Lipinski definition) is 0. The highest BCUT2D eigenvalue weighted by molar-refractivity contribution is 7.95. The molecule has 0 radical (unpaired) electrons. The van der Waals surface area contributed by atoms with Gasteiger partial charge < -0.3 is 0 Å². The molecular formula is C33H30P+. The second-order valence-corrected chi connectivity index (χ2v) is 11.8. The first-order chi connectivity index (χ1) is 16.6. The maximum atomic E-state index is 3.94. The normalized spacial score (nSPS) is 10.9. The van der Waals surface area contributed by atoms with E-state index in [1.165, 1.54) is 21.5 Å². The molecule has 4 aromatic carbocycles. The third kappa shape index (κ3) is 4.65. The lowest BCUT2D eigenvalue weighted by molar-refractivity contribution is 1.38. The highest BCUT2D eigenvalue weighted by Gasteiger charge is 2.45. The maximum absolute atomic E-state index is 3.94. The van der Waals surface area contributed by atoms with Gasteiger partial charge in [0, 0.05) is 0 Å². The average molecular weight is 458 g/mol. The van der Waals surface area contributed by atoms with Crippen molar-refractivity contribution in [2.45, 2.75) is 6.16 Å². The summed E-state index contributed by atoms with van der Waals surface area (Å²) in [4.78, 5) is 0. The van der Waals surface area contributed by atoms with Gasteiger partial charge in [0.2, 0.25) is 0 Å². The molecule has 0 aromatic heterocycles. The van der Waals surface area contributed by atoms with Crippen molar-refractivity contribution >= 4 is 47.5 Å². The Morgan fingerprint density at radius 2 is 0.676 bits per heavy atom. The van der Waals surface area contributed by atoms with Gasteiger partial charge in [-0.15, -0.1) is 0 Å². The summed E-state index contributed by atoms with van der Waals surface area (Å²) in [6.45, 7) is 15.7. The van der Waals surface area contributed by atoms with Crippen LogP contribution in [0.1, 0.15) is 27.8 Å². The lowest BCUT2D eigenvalue weighted by Gasteiger charge is -2.28. The van der Waals surface area contributed by atoms with Gasteiger partial charge in [0.15, 0.2) is 0 Å². The van der Waals surface area contributed by atoms with Gasteiger partial charge in [-0.3, -0.25) is 0 Å². The smallest absolute Gasteiger partial charge is 0.0985 e. The highest BCUT2D eigenvalue weighted by Crippen LogP contribution is 2.58. The summed E-state index contributed by atoms with van der Waals surface area (Å²) >= 11 is 0. The van der Waals surface area contributed by atoms with Crippen molar-refractivity contribution in [1.29, 1.82) is 0 Å². The zero-order chi connectivity index (χ0) is 24.0. The first-order valence-electron chi connectivity index (χ1n) is 11.4. The van der Waals surface area contributed by atoms with Crippen molar-refractivity contribution in [3.05, 3.63) is 151 Å². The molecule has 0 bridgehead atoms. The van der Waals surface area contributed by atoms with E-state index in [1.807, 2.05) is 24.3 Å². The van der Waals surface area contributed by atoms with Crippen molar-refractivity contribution in [3.8, 4) is 0 Å². The topological polar surface area (TPSA) is 0 Å². The molecule has 0 saturated carbocycles. The van der Waals surface area contributed by atoms with Crippen molar-refractivity contribution in [3.63, 3.8) is 0 Å². The van der Waals surface area contributed by atoms with E-state index in [4.69, 9.17) is 0 Å². The Kier molecular flexibility index (Phi) is 7.21. The van der Waals surface area contributed by atoms with Crippen LogP contribution in [0.3, 0.4) is 0 Å². The summed E-state index contributed by atoms with van der Waals surface area (Å²) in [7, 11) is -2.02. The molecule has 4 aromatic rings. The summed E-state index contributed by atoms with van der Waals surface area (Å²) in [5, 5.41) is 4.05. The van der Waals surface area contributed by atoms with Gasteiger partial charge >= 0.3 is 0 Å². The Bertz CT molecular complexity index is 1160. The van der Waals surface area contributed by atoms with Crippen LogP contribution < -0.4 is 15.9 Å². The molecule has 0 spiro atoms. The first kappa shape index (κ1) is 23.4. The lowest BCUT2D eigenvalue weighted by Crippen LogP contribution is -2.32. The van der Waals surface area contributed by atoms with E-state index in [0.29, 0.717) is 0 Å². The largest absolute Gasteiger partial charge is 0.116 e. The fourth-order valence-corrected chi connectivity index (χ4v) is 8.52. The van der Waals surface area contributed by atoms with E-state index in [0.717, 1.165) is 28.4 Å². The first-order valence-corrected chi connectivity index (χ1v) is 13.4. The van der Waals surface area contributed by atoms with E-state index in [2.05, 4.69) is 123 Å². The van der Waals surface area contributed by atoms with Crippen LogP contribution in [0.4, 0.5) is 0 Å². The fraction of sp³-hybridized carbons (Fsp3) is 0.0303. The molecule has 0 atom stereocenters. The molecule has 0 aliphatic rings. The number of benzene rings is 4. The van der Waals surface area contributed by atoms with Crippen LogP contribution in [0, 0.1) is 0 Å². The molecule has 0 heterocycles. The molecule has 34 heavy (non-hydrogen) atoms. The van der Waals surface area contributed by atoms with Crippen molar-refractivity contribution in [2.24, 2.45) is 0 Å². The molecule has 0 aliphatic carbocycles. The molecule has 0 nitrogen and oxygen atoms in total. The Morgan fingerprint density at radius 3 is 0.941 bits per heavy atom. The summed E-state index contributed by atoms with van der Waals surface area (Å²) < 4.78 is 0.